The van der Waals surface area contributed by atoms with Crippen molar-refractivity contribution >= 4 is 12.0 Å². The fourth-order valence-electron chi connectivity index (χ4n) is 2.68. The SMILES string of the molecule is COC(=O)CCN(Cc1ccco1)C(=O)NC1CCCCC1. The molecule has 1 aromatic rings. The zero-order valence-electron chi connectivity index (χ0n) is 13.0. The van der Waals surface area contributed by atoms with Gasteiger partial charge in [-0.1, -0.05) is 19.3 Å². The van der Waals surface area contributed by atoms with E-state index in [0.717, 1.165) is 25.7 Å². The number of amides is 2. The molecule has 122 valence electrons. The molecule has 1 heterocycles. The van der Waals surface area contributed by atoms with Crippen molar-refractivity contribution < 1.29 is 18.7 Å². The predicted octanol–water partition coefficient (Wildman–Crippen LogP) is 2.69. The second-order valence-electron chi connectivity index (χ2n) is 5.61. The predicted molar refractivity (Wildman–Crippen MR) is 81.2 cm³/mol. The van der Waals surface area contributed by atoms with E-state index in [1.807, 2.05) is 6.07 Å². The summed E-state index contributed by atoms with van der Waals surface area (Å²) in [7, 11) is 1.35. The first kappa shape index (κ1) is 16.4. The molecule has 0 radical (unpaired) electrons. The van der Waals surface area contributed by atoms with Gasteiger partial charge in [-0.3, -0.25) is 4.79 Å². The second kappa shape index (κ2) is 8.46. The first-order valence-corrected chi connectivity index (χ1v) is 7.83. The molecule has 1 aromatic heterocycles. The van der Waals surface area contributed by atoms with Crippen molar-refractivity contribution in [2.24, 2.45) is 0 Å². The number of urea groups is 1. The average molecular weight is 308 g/mol. The summed E-state index contributed by atoms with van der Waals surface area (Å²) < 4.78 is 9.94. The van der Waals surface area contributed by atoms with Crippen LogP contribution in [-0.4, -0.2) is 36.6 Å². The molecule has 6 heteroatoms. The Kier molecular flexibility index (Phi) is 6.30. The fraction of sp³-hybridized carbons (Fsp3) is 0.625. The molecular weight excluding hydrogens is 284 g/mol. The van der Waals surface area contributed by atoms with Crippen LogP contribution in [-0.2, 0) is 16.1 Å². The molecule has 1 N–H and O–H groups in total. The van der Waals surface area contributed by atoms with E-state index < -0.39 is 0 Å². The fourth-order valence-corrected chi connectivity index (χ4v) is 2.68. The smallest absolute Gasteiger partial charge is 0.318 e. The Labute approximate surface area is 130 Å². The zero-order chi connectivity index (χ0) is 15.8. The van der Waals surface area contributed by atoms with Crippen LogP contribution in [0.1, 0.15) is 44.3 Å². The minimum atomic E-state index is -0.324. The molecule has 6 nitrogen and oxygen atoms in total. The quantitative estimate of drug-likeness (QED) is 0.820. The van der Waals surface area contributed by atoms with Gasteiger partial charge in [0, 0.05) is 12.6 Å². The van der Waals surface area contributed by atoms with E-state index in [1.54, 1.807) is 17.2 Å². The van der Waals surface area contributed by atoms with E-state index in [9.17, 15) is 9.59 Å². The highest BCUT2D eigenvalue weighted by atomic mass is 16.5. The summed E-state index contributed by atoms with van der Waals surface area (Å²) in [5.74, 6) is 0.374. The Morgan fingerprint density at radius 1 is 1.36 bits per heavy atom. The van der Waals surface area contributed by atoms with Crippen LogP contribution in [0.2, 0.25) is 0 Å². The van der Waals surface area contributed by atoms with Gasteiger partial charge in [0.05, 0.1) is 26.3 Å². The maximum atomic E-state index is 12.5. The van der Waals surface area contributed by atoms with Gasteiger partial charge in [0.25, 0.3) is 0 Å². The van der Waals surface area contributed by atoms with E-state index in [-0.39, 0.29) is 24.5 Å². The molecule has 0 bridgehead atoms. The van der Waals surface area contributed by atoms with Gasteiger partial charge in [-0.15, -0.1) is 0 Å². The normalized spacial score (nSPS) is 15.3. The standard InChI is InChI=1S/C16H24N2O4/c1-21-15(19)9-10-18(12-14-8-5-11-22-14)16(20)17-13-6-3-2-4-7-13/h5,8,11,13H,2-4,6-7,9-10,12H2,1H3,(H,17,20). The van der Waals surface area contributed by atoms with Crippen LogP contribution >= 0.6 is 0 Å². The third kappa shape index (κ3) is 5.09. The number of furan rings is 1. The van der Waals surface area contributed by atoms with Crippen molar-refractivity contribution in [3.8, 4) is 0 Å². The monoisotopic (exact) mass is 308 g/mol. The van der Waals surface area contributed by atoms with Gasteiger partial charge < -0.3 is 19.4 Å². The number of hydrogen-bond acceptors (Lipinski definition) is 4. The number of nitrogens with zero attached hydrogens (tertiary/aromatic N) is 1. The molecule has 0 atom stereocenters. The molecule has 1 fully saturated rings. The Morgan fingerprint density at radius 3 is 2.77 bits per heavy atom. The number of rotatable bonds is 6. The number of carbonyl (C=O) groups excluding carboxylic acids is 2. The minimum Gasteiger partial charge on any atom is -0.469 e. The molecule has 1 aliphatic carbocycles. The molecule has 22 heavy (non-hydrogen) atoms. The summed E-state index contributed by atoms with van der Waals surface area (Å²) in [4.78, 5) is 25.4. The highest BCUT2D eigenvalue weighted by molar-refractivity contribution is 5.76. The van der Waals surface area contributed by atoms with Gasteiger partial charge in [-0.05, 0) is 25.0 Å². The van der Waals surface area contributed by atoms with Gasteiger partial charge in [0.15, 0.2) is 0 Å². The molecule has 2 rings (SSSR count). The van der Waals surface area contributed by atoms with Crippen molar-refractivity contribution in [1.82, 2.24) is 10.2 Å². The highest BCUT2D eigenvalue weighted by Crippen LogP contribution is 2.18. The average Bonchev–Trinajstić information content (AvgIpc) is 3.05. The van der Waals surface area contributed by atoms with E-state index in [4.69, 9.17) is 4.42 Å². The van der Waals surface area contributed by atoms with Crippen molar-refractivity contribution in [3.05, 3.63) is 24.2 Å². The van der Waals surface area contributed by atoms with Gasteiger partial charge in [0.1, 0.15) is 5.76 Å². The molecule has 1 aliphatic rings. The number of ether oxygens (including phenoxy) is 1. The third-order valence-electron chi connectivity index (χ3n) is 3.96. The minimum absolute atomic E-state index is 0.146. The molecular formula is C16H24N2O4. The van der Waals surface area contributed by atoms with Gasteiger partial charge in [-0.25, -0.2) is 4.79 Å². The van der Waals surface area contributed by atoms with Crippen molar-refractivity contribution in [1.29, 1.82) is 0 Å². The zero-order valence-corrected chi connectivity index (χ0v) is 13.0. The van der Waals surface area contributed by atoms with Crippen molar-refractivity contribution in [2.75, 3.05) is 13.7 Å². The van der Waals surface area contributed by atoms with Crippen LogP contribution in [0.4, 0.5) is 4.79 Å². The summed E-state index contributed by atoms with van der Waals surface area (Å²) in [6.07, 6.45) is 7.36. The van der Waals surface area contributed by atoms with E-state index in [0.29, 0.717) is 18.8 Å². The number of hydrogen-bond donors (Lipinski definition) is 1. The van der Waals surface area contributed by atoms with Gasteiger partial charge >= 0.3 is 12.0 Å². The number of nitrogens with one attached hydrogen (secondary N) is 1. The third-order valence-corrected chi connectivity index (χ3v) is 3.96. The molecule has 2 amide bonds. The Balaban J connectivity index is 1.92. The molecule has 0 unspecified atom stereocenters. The lowest BCUT2D eigenvalue weighted by atomic mass is 9.96. The summed E-state index contributed by atoms with van der Waals surface area (Å²) in [5, 5.41) is 3.07. The Bertz CT molecular complexity index is 467. The Morgan fingerprint density at radius 2 is 2.14 bits per heavy atom. The van der Waals surface area contributed by atoms with Crippen molar-refractivity contribution in [3.63, 3.8) is 0 Å². The van der Waals surface area contributed by atoms with Gasteiger partial charge in [0.2, 0.25) is 0 Å². The lowest BCUT2D eigenvalue weighted by Gasteiger charge is -2.27. The summed E-state index contributed by atoms with van der Waals surface area (Å²) >= 11 is 0. The maximum absolute atomic E-state index is 12.5. The number of esters is 1. The number of carbonyl (C=O) groups is 2. The van der Waals surface area contributed by atoms with E-state index >= 15 is 0 Å². The summed E-state index contributed by atoms with van der Waals surface area (Å²) in [6, 6.07) is 3.69. The van der Waals surface area contributed by atoms with Crippen LogP contribution in [0.3, 0.4) is 0 Å². The lowest BCUT2D eigenvalue weighted by Crippen LogP contribution is -2.45. The lowest BCUT2D eigenvalue weighted by molar-refractivity contribution is -0.140. The molecule has 0 aromatic carbocycles. The molecule has 0 spiro atoms. The van der Waals surface area contributed by atoms with E-state index in [1.165, 1.54) is 13.5 Å². The first-order valence-electron chi connectivity index (χ1n) is 7.83. The van der Waals surface area contributed by atoms with Gasteiger partial charge in [-0.2, -0.15) is 0 Å². The van der Waals surface area contributed by atoms with Crippen LogP contribution in [0.15, 0.2) is 22.8 Å². The molecule has 0 aliphatic heterocycles. The highest BCUT2D eigenvalue weighted by Gasteiger charge is 2.21. The Hall–Kier alpha value is -1.98. The summed E-state index contributed by atoms with van der Waals surface area (Å²) in [5.41, 5.74) is 0. The van der Waals surface area contributed by atoms with Crippen LogP contribution in [0, 0.1) is 0 Å². The second-order valence-corrected chi connectivity index (χ2v) is 5.61. The van der Waals surface area contributed by atoms with E-state index in [2.05, 4.69) is 10.1 Å². The first-order chi connectivity index (χ1) is 10.7. The van der Waals surface area contributed by atoms with Crippen LogP contribution in [0.25, 0.3) is 0 Å². The van der Waals surface area contributed by atoms with Crippen LogP contribution in [0.5, 0.6) is 0 Å². The number of methoxy groups -OCH3 is 1. The largest absolute Gasteiger partial charge is 0.469 e. The van der Waals surface area contributed by atoms with Crippen molar-refractivity contribution in [2.45, 2.75) is 51.1 Å². The maximum Gasteiger partial charge on any atom is 0.318 e. The summed E-state index contributed by atoms with van der Waals surface area (Å²) in [6.45, 7) is 0.661. The molecule has 0 saturated heterocycles. The topological polar surface area (TPSA) is 71.8 Å². The van der Waals surface area contributed by atoms with Crippen LogP contribution < -0.4 is 5.32 Å². The molecule has 1 saturated carbocycles.